The number of hydrogen-bond acceptors (Lipinski definition) is 5. The summed E-state index contributed by atoms with van der Waals surface area (Å²) >= 11 is 0. The number of aromatic nitrogens is 2. The Hall–Kier alpha value is -1.95. The molecule has 1 heterocycles. The minimum absolute atomic E-state index is 0.00239. The summed E-state index contributed by atoms with van der Waals surface area (Å²) in [7, 11) is 0. The van der Waals surface area contributed by atoms with E-state index in [0.717, 1.165) is 13.0 Å². The summed E-state index contributed by atoms with van der Waals surface area (Å²) < 4.78 is 19.1. The van der Waals surface area contributed by atoms with Crippen LogP contribution in [0.3, 0.4) is 0 Å². The number of hydrogen-bond donors (Lipinski definition) is 1. The van der Waals surface area contributed by atoms with E-state index >= 15 is 0 Å². The van der Waals surface area contributed by atoms with Gasteiger partial charge in [0.25, 0.3) is 0 Å². The second-order valence-electron chi connectivity index (χ2n) is 4.82. The Morgan fingerprint density at radius 1 is 1.33 bits per heavy atom. The van der Waals surface area contributed by atoms with Crippen molar-refractivity contribution < 1.29 is 8.81 Å². The van der Waals surface area contributed by atoms with E-state index in [1.807, 2.05) is 19.9 Å². The van der Waals surface area contributed by atoms with Crippen molar-refractivity contribution in [1.82, 2.24) is 15.5 Å². The SMILES string of the molecule is CCCNC(C)c1nnc(N(CC)c2cccc(F)c2)o1. The monoisotopic (exact) mass is 292 g/mol. The Kier molecular flexibility index (Phi) is 5.27. The summed E-state index contributed by atoms with van der Waals surface area (Å²) in [5, 5.41) is 11.4. The molecular formula is C15H21FN4O. The summed E-state index contributed by atoms with van der Waals surface area (Å²) in [5.74, 6) is 0.247. The van der Waals surface area contributed by atoms with Crippen LogP contribution in [-0.2, 0) is 0 Å². The number of nitrogens with zero attached hydrogens (tertiary/aromatic N) is 3. The topological polar surface area (TPSA) is 54.2 Å². The van der Waals surface area contributed by atoms with Gasteiger partial charge in [-0.15, -0.1) is 5.10 Å². The number of benzene rings is 1. The van der Waals surface area contributed by atoms with Crippen molar-refractivity contribution in [3.05, 3.63) is 36.0 Å². The fraction of sp³-hybridized carbons (Fsp3) is 0.467. The van der Waals surface area contributed by atoms with Gasteiger partial charge in [0.1, 0.15) is 5.82 Å². The number of rotatable bonds is 7. The van der Waals surface area contributed by atoms with Gasteiger partial charge in [-0.1, -0.05) is 18.1 Å². The smallest absolute Gasteiger partial charge is 0.322 e. The predicted molar refractivity (Wildman–Crippen MR) is 80.1 cm³/mol. The van der Waals surface area contributed by atoms with Crippen LogP contribution in [0.4, 0.5) is 16.1 Å². The van der Waals surface area contributed by atoms with E-state index in [0.29, 0.717) is 24.1 Å². The normalized spacial score (nSPS) is 12.4. The molecule has 0 radical (unpaired) electrons. The molecule has 0 aliphatic heterocycles. The molecule has 0 saturated heterocycles. The highest BCUT2D eigenvalue weighted by atomic mass is 19.1. The minimum atomic E-state index is -0.288. The van der Waals surface area contributed by atoms with Crippen molar-refractivity contribution in [2.24, 2.45) is 0 Å². The highest BCUT2D eigenvalue weighted by Gasteiger charge is 2.18. The van der Waals surface area contributed by atoms with Gasteiger partial charge in [-0.2, -0.15) is 0 Å². The van der Waals surface area contributed by atoms with E-state index in [1.165, 1.54) is 12.1 Å². The maximum atomic E-state index is 13.3. The standard InChI is InChI=1S/C15H21FN4O/c1-4-9-17-11(3)14-18-19-15(21-14)20(5-2)13-8-6-7-12(16)10-13/h6-8,10-11,17H,4-5,9H2,1-3H3. The largest absolute Gasteiger partial charge is 0.406 e. The molecule has 2 rings (SSSR count). The molecule has 21 heavy (non-hydrogen) atoms. The molecule has 1 unspecified atom stereocenters. The van der Waals surface area contributed by atoms with Gasteiger partial charge in [0.2, 0.25) is 5.89 Å². The first kappa shape index (κ1) is 15.4. The van der Waals surface area contributed by atoms with E-state index in [4.69, 9.17) is 4.42 Å². The van der Waals surface area contributed by atoms with Gasteiger partial charge in [0.05, 0.1) is 6.04 Å². The molecule has 5 nitrogen and oxygen atoms in total. The lowest BCUT2D eigenvalue weighted by atomic mass is 10.3. The van der Waals surface area contributed by atoms with Crippen LogP contribution < -0.4 is 10.2 Å². The maximum absolute atomic E-state index is 13.3. The molecule has 1 atom stereocenters. The molecule has 0 saturated carbocycles. The maximum Gasteiger partial charge on any atom is 0.322 e. The molecule has 0 aliphatic carbocycles. The molecular weight excluding hydrogens is 271 g/mol. The van der Waals surface area contributed by atoms with E-state index in [-0.39, 0.29) is 11.9 Å². The molecule has 0 amide bonds. The van der Waals surface area contributed by atoms with Crippen LogP contribution in [0.25, 0.3) is 0 Å². The van der Waals surface area contributed by atoms with Crippen molar-refractivity contribution in [2.75, 3.05) is 18.0 Å². The molecule has 2 aromatic rings. The van der Waals surface area contributed by atoms with Gasteiger partial charge >= 0.3 is 6.01 Å². The van der Waals surface area contributed by atoms with E-state index in [2.05, 4.69) is 22.4 Å². The zero-order valence-electron chi connectivity index (χ0n) is 12.6. The van der Waals surface area contributed by atoms with Crippen LogP contribution >= 0.6 is 0 Å². The number of halogens is 1. The molecule has 0 aliphatic rings. The van der Waals surface area contributed by atoms with Crippen molar-refractivity contribution in [2.45, 2.75) is 33.2 Å². The highest BCUT2D eigenvalue weighted by Crippen LogP contribution is 2.25. The molecule has 6 heteroatoms. The predicted octanol–water partition coefficient (Wildman–Crippen LogP) is 3.43. The van der Waals surface area contributed by atoms with Crippen molar-refractivity contribution in [3.63, 3.8) is 0 Å². The Balaban J connectivity index is 2.18. The van der Waals surface area contributed by atoms with Gasteiger partial charge in [0, 0.05) is 12.2 Å². The fourth-order valence-electron chi connectivity index (χ4n) is 2.03. The Labute approximate surface area is 124 Å². The fourth-order valence-corrected chi connectivity index (χ4v) is 2.03. The van der Waals surface area contributed by atoms with Crippen LogP contribution in [0.2, 0.25) is 0 Å². The molecule has 0 bridgehead atoms. The molecule has 114 valence electrons. The van der Waals surface area contributed by atoms with Gasteiger partial charge in [-0.25, -0.2) is 4.39 Å². The van der Waals surface area contributed by atoms with Crippen LogP contribution in [0.5, 0.6) is 0 Å². The first-order chi connectivity index (χ1) is 10.2. The summed E-state index contributed by atoms with van der Waals surface area (Å²) in [4.78, 5) is 1.78. The summed E-state index contributed by atoms with van der Waals surface area (Å²) in [6.07, 6.45) is 1.04. The summed E-state index contributed by atoms with van der Waals surface area (Å²) in [5.41, 5.74) is 0.696. The molecule has 1 N–H and O–H groups in total. The second-order valence-corrected chi connectivity index (χ2v) is 4.82. The van der Waals surface area contributed by atoms with E-state index < -0.39 is 0 Å². The molecule has 0 spiro atoms. The van der Waals surface area contributed by atoms with Crippen LogP contribution in [-0.4, -0.2) is 23.3 Å². The van der Waals surface area contributed by atoms with Crippen LogP contribution in [0.15, 0.2) is 28.7 Å². The lowest BCUT2D eigenvalue weighted by molar-refractivity contribution is 0.418. The minimum Gasteiger partial charge on any atom is -0.406 e. The zero-order chi connectivity index (χ0) is 15.2. The lowest BCUT2D eigenvalue weighted by Crippen LogP contribution is -2.19. The summed E-state index contributed by atoms with van der Waals surface area (Å²) in [6.45, 7) is 7.53. The number of anilines is 2. The van der Waals surface area contributed by atoms with Gasteiger partial charge in [-0.3, -0.25) is 4.90 Å². The third-order valence-electron chi connectivity index (χ3n) is 3.17. The molecule has 1 aromatic heterocycles. The van der Waals surface area contributed by atoms with Crippen LogP contribution in [0, 0.1) is 5.82 Å². The first-order valence-electron chi connectivity index (χ1n) is 7.25. The van der Waals surface area contributed by atoms with Crippen LogP contribution in [0.1, 0.15) is 39.1 Å². The average molecular weight is 292 g/mol. The van der Waals surface area contributed by atoms with Crippen molar-refractivity contribution >= 4 is 11.7 Å². The Morgan fingerprint density at radius 2 is 2.14 bits per heavy atom. The summed E-state index contributed by atoms with van der Waals surface area (Å²) in [6, 6.07) is 6.71. The quantitative estimate of drug-likeness (QED) is 0.847. The first-order valence-corrected chi connectivity index (χ1v) is 7.25. The van der Waals surface area contributed by atoms with E-state index in [9.17, 15) is 4.39 Å². The van der Waals surface area contributed by atoms with Gasteiger partial charge in [-0.05, 0) is 45.0 Å². The lowest BCUT2D eigenvalue weighted by Gasteiger charge is -2.18. The molecule has 1 aromatic carbocycles. The number of nitrogens with one attached hydrogen (secondary N) is 1. The third-order valence-corrected chi connectivity index (χ3v) is 3.17. The molecule has 0 fully saturated rings. The zero-order valence-corrected chi connectivity index (χ0v) is 12.6. The van der Waals surface area contributed by atoms with Crippen molar-refractivity contribution in [1.29, 1.82) is 0 Å². The average Bonchev–Trinajstić information content (AvgIpc) is 2.95. The third kappa shape index (κ3) is 3.78. The van der Waals surface area contributed by atoms with E-state index in [1.54, 1.807) is 11.0 Å². The van der Waals surface area contributed by atoms with Crippen molar-refractivity contribution in [3.8, 4) is 0 Å². The van der Waals surface area contributed by atoms with Gasteiger partial charge in [0.15, 0.2) is 0 Å². The second kappa shape index (κ2) is 7.17. The Morgan fingerprint density at radius 3 is 2.81 bits per heavy atom. The Bertz CT molecular complexity index is 572. The van der Waals surface area contributed by atoms with Gasteiger partial charge < -0.3 is 9.73 Å². The highest BCUT2D eigenvalue weighted by molar-refractivity contribution is 5.55.